The molecule has 3 aromatic rings. The van der Waals surface area contributed by atoms with Crippen molar-refractivity contribution in [1.82, 2.24) is 19.8 Å². The van der Waals surface area contributed by atoms with Crippen LogP contribution in [0.25, 0.3) is 10.9 Å². The van der Waals surface area contributed by atoms with Crippen molar-refractivity contribution < 1.29 is 14.3 Å². The van der Waals surface area contributed by atoms with Crippen molar-refractivity contribution in [1.29, 1.82) is 0 Å². The topological polar surface area (TPSA) is 102 Å². The van der Waals surface area contributed by atoms with Crippen LogP contribution in [0.15, 0.2) is 42.7 Å². The number of carbonyl (C=O) groups is 2. The summed E-state index contributed by atoms with van der Waals surface area (Å²) in [4.78, 5) is 30.7. The molecule has 0 unspecified atom stereocenters. The molecule has 3 heterocycles. The van der Waals surface area contributed by atoms with Crippen LogP contribution in [0.5, 0.6) is 11.5 Å². The smallest absolute Gasteiger partial charge is 0.326 e. The molecule has 0 radical (unpaired) electrons. The van der Waals surface area contributed by atoms with E-state index in [1.165, 1.54) is 6.20 Å². The molecule has 1 saturated heterocycles. The molecule has 3 N–H and O–H groups in total. The monoisotopic (exact) mass is 391 g/mol. The molecule has 2 amide bonds. The maximum atomic E-state index is 12.5. The Morgan fingerprint density at radius 2 is 2.00 bits per heavy atom. The predicted molar refractivity (Wildman–Crippen MR) is 108 cm³/mol. The number of amides is 2. The fourth-order valence-corrected chi connectivity index (χ4v) is 3.34. The van der Waals surface area contributed by atoms with Crippen LogP contribution < -0.4 is 15.8 Å². The summed E-state index contributed by atoms with van der Waals surface area (Å²) >= 11 is 0. The van der Waals surface area contributed by atoms with Crippen LogP contribution in [0.4, 0.5) is 10.5 Å². The Balaban J connectivity index is 1.39. The highest BCUT2D eigenvalue weighted by atomic mass is 16.5. The van der Waals surface area contributed by atoms with E-state index in [2.05, 4.69) is 10.3 Å². The van der Waals surface area contributed by atoms with Crippen LogP contribution in [-0.2, 0) is 0 Å². The summed E-state index contributed by atoms with van der Waals surface area (Å²) < 4.78 is 7.54. The molecule has 1 saturated carbocycles. The third-order valence-electron chi connectivity index (χ3n) is 5.31. The first-order chi connectivity index (χ1) is 14.1. The van der Waals surface area contributed by atoms with E-state index >= 15 is 0 Å². The second kappa shape index (κ2) is 6.80. The van der Waals surface area contributed by atoms with Crippen molar-refractivity contribution in [2.75, 3.05) is 18.8 Å². The minimum absolute atomic E-state index is 0.122. The highest BCUT2D eigenvalue weighted by Crippen LogP contribution is 2.32. The van der Waals surface area contributed by atoms with Gasteiger partial charge < -0.3 is 20.7 Å². The number of carbonyl (C=O) groups excluding carboxylic acids is 2. The number of likely N-dealkylation sites (tertiary alicyclic amines) is 1. The van der Waals surface area contributed by atoms with Gasteiger partial charge in [-0.05, 0) is 43.5 Å². The van der Waals surface area contributed by atoms with Crippen molar-refractivity contribution in [3.05, 3.63) is 48.4 Å². The van der Waals surface area contributed by atoms with Gasteiger partial charge in [-0.1, -0.05) is 0 Å². The number of nitrogen functional groups attached to an aromatic ring is 1. The van der Waals surface area contributed by atoms with Gasteiger partial charge in [0, 0.05) is 43.0 Å². The molecule has 8 nitrogen and oxygen atoms in total. The summed E-state index contributed by atoms with van der Waals surface area (Å²) in [6, 6.07) is 9.13. The normalized spacial score (nSPS) is 15.8. The van der Waals surface area contributed by atoms with Crippen LogP contribution in [0, 0.1) is 0 Å². The minimum atomic E-state index is -0.173. The van der Waals surface area contributed by atoms with Gasteiger partial charge in [-0.2, -0.15) is 0 Å². The highest BCUT2D eigenvalue weighted by molar-refractivity contribution is 5.98. The van der Waals surface area contributed by atoms with Crippen LogP contribution in [0.3, 0.4) is 0 Å². The first-order valence-corrected chi connectivity index (χ1v) is 9.74. The van der Waals surface area contributed by atoms with Crippen LogP contribution in [-0.4, -0.2) is 45.5 Å². The van der Waals surface area contributed by atoms with Gasteiger partial charge in [0.15, 0.2) is 11.4 Å². The zero-order valence-corrected chi connectivity index (χ0v) is 15.8. The Morgan fingerprint density at radius 3 is 2.72 bits per heavy atom. The molecule has 2 aromatic heterocycles. The Bertz CT molecular complexity index is 1110. The minimum Gasteiger partial charge on any atom is -0.455 e. The largest absolute Gasteiger partial charge is 0.455 e. The number of hydrogen-bond acceptors (Lipinski definition) is 5. The van der Waals surface area contributed by atoms with E-state index in [0.29, 0.717) is 17.5 Å². The molecular weight excluding hydrogens is 370 g/mol. The van der Waals surface area contributed by atoms with E-state index in [-0.39, 0.29) is 23.3 Å². The number of nitrogens with zero attached hydrogens (tertiary/aromatic N) is 3. The molecule has 1 aliphatic carbocycles. The molecule has 29 heavy (non-hydrogen) atoms. The molecule has 0 bridgehead atoms. The van der Waals surface area contributed by atoms with Gasteiger partial charge in [-0.25, -0.2) is 9.78 Å². The van der Waals surface area contributed by atoms with E-state index < -0.39 is 0 Å². The van der Waals surface area contributed by atoms with Crippen molar-refractivity contribution >= 4 is 28.5 Å². The van der Waals surface area contributed by atoms with Crippen LogP contribution in [0.2, 0.25) is 0 Å². The summed E-state index contributed by atoms with van der Waals surface area (Å²) in [5.41, 5.74) is 7.41. The van der Waals surface area contributed by atoms with E-state index in [9.17, 15) is 9.59 Å². The lowest BCUT2D eigenvalue weighted by molar-refractivity contribution is 0.0646. The van der Waals surface area contributed by atoms with Crippen molar-refractivity contribution in [3.8, 4) is 11.5 Å². The Morgan fingerprint density at radius 1 is 1.17 bits per heavy atom. The summed E-state index contributed by atoms with van der Waals surface area (Å²) in [6.45, 7) is 1.46. The van der Waals surface area contributed by atoms with Crippen LogP contribution in [0.1, 0.15) is 29.8 Å². The van der Waals surface area contributed by atoms with Gasteiger partial charge in [-0.15, -0.1) is 0 Å². The second-order valence-corrected chi connectivity index (χ2v) is 7.45. The third kappa shape index (κ3) is 3.26. The van der Waals surface area contributed by atoms with Gasteiger partial charge in [0.1, 0.15) is 11.4 Å². The Labute approximate surface area is 167 Å². The second-order valence-electron chi connectivity index (χ2n) is 7.45. The fraction of sp³-hybridized carbons (Fsp3) is 0.286. The fourth-order valence-electron chi connectivity index (χ4n) is 3.34. The molecule has 8 heteroatoms. The quantitative estimate of drug-likeness (QED) is 0.712. The van der Waals surface area contributed by atoms with Gasteiger partial charge in [0.2, 0.25) is 0 Å². The summed E-state index contributed by atoms with van der Waals surface area (Å²) in [6.07, 6.45) is 6.35. The first kappa shape index (κ1) is 17.5. The molecular formula is C21H21N5O3. The Hall–Kier alpha value is -3.55. The van der Waals surface area contributed by atoms with Crippen molar-refractivity contribution in [3.63, 3.8) is 0 Å². The zero-order valence-electron chi connectivity index (χ0n) is 15.8. The summed E-state index contributed by atoms with van der Waals surface area (Å²) in [5.74, 6) is 0.778. The molecule has 1 aliphatic heterocycles. The molecule has 0 spiro atoms. The maximum absolute atomic E-state index is 12.5. The predicted octanol–water partition coefficient (Wildman–Crippen LogP) is 2.98. The maximum Gasteiger partial charge on any atom is 0.326 e. The number of pyridine rings is 1. The number of nitrogens with one attached hydrogen (secondary N) is 1. The molecule has 2 aliphatic rings. The highest BCUT2D eigenvalue weighted by Gasteiger charge is 2.26. The molecule has 1 aromatic carbocycles. The van der Waals surface area contributed by atoms with E-state index in [4.69, 9.17) is 10.5 Å². The molecule has 5 rings (SSSR count). The molecule has 2 fully saturated rings. The molecule has 0 atom stereocenters. The lowest BCUT2D eigenvalue weighted by Crippen LogP contribution is -2.42. The first-order valence-electron chi connectivity index (χ1n) is 9.74. The molecule has 148 valence electrons. The number of ether oxygens (including phenoxy) is 1. The van der Waals surface area contributed by atoms with Gasteiger partial charge >= 0.3 is 6.03 Å². The number of benzene rings is 1. The van der Waals surface area contributed by atoms with E-state index in [1.807, 2.05) is 18.2 Å². The van der Waals surface area contributed by atoms with Gasteiger partial charge in [-0.3, -0.25) is 9.36 Å². The summed E-state index contributed by atoms with van der Waals surface area (Å²) in [7, 11) is 0. The number of anilines is 1. The van der Waals surface area contributed by atoms with Gasteiger partial charge in [0.25, 0.3) is 5.91 Å². The van der Waals surface area contributed by atoms with E-state index in [1.54, 1.807) is 27.8 Å². The van der Waals surface area contributed by atoms with Gasteiger partial charge in [0.05, 0.1) is 5.52 Å². The van der Waals surface area contributed by atoms with Crippen LogP contribution >= 0.6 is 0 Å². The SMILES string of the molecule is Nc1c(Oc2ccc3c(ccn3C(=O)NC3CC3)c2)ccnc1C(=O)N1CCC1. The number of rotatable bonds is 4. The van der Waals surface area contributed by atoms with Crippen molar-refractivity contribution in [2.24, 2.45) is 0 Å². The number of aromatic nitrogens is 2. The number of fused-ring (bicyclic) bond motifs is 1. The number of nitrogens with two attached hydrogens (primary N) is 1. The standard InChI is InChI=1S/C21H21N5O3/c22-18-17(6-8-23-19(18)20(27)25-9-1-10-25)29-15-4-5-16-13(12-15)7-11-26(16)21(28)24-14-2-3-14/h4-8,11-12,14H,1-3,9-10,22H2,(H,24,28). The zero-order chi connectivity index (χ0) is 20.0. The average molecular weight is 391 g/mol. The lowest BCUT2D eigenvalue weighted by atomic mass is 10.1. The Kier molecular flexibility index (Phi) is 4.12. The lowest BCUT2D eigenvalue weighted by Gasteiger charge is -2.30. The summed E-state index contributed by atoms with van der Waals surface area (Å²) in [5, 5.41) is 3.85. The number of hydrogen-bond donors (Lipinski definition) is 2. The average Bonchev–Trinajstić information content (AvgIpc) is 3.37. The van der Waals surface area contributed by atoms with E-state index in [0.717, 1.165) is 43.3 Å². The van der Waals surface area contributed by atoms with Crippen molar-refractivity contribution in [2.45, 2.75) is 25.3 Å². The third-order valence-corrected chi connectivity index (χ3v) is 5.31.